The van der Waals surface area contributed by atoms with Crippen LogP contribution in [-0.2, 0) is 0 Å². The smallest absolute Gasteiger partial charge is 0.239 e. The summed E-state index contributed by atoms with van der Waals surface area (Å²) >= 11 is 9.43. The van der Waals surface area contributed by atoms with Gasteiger partial charge in [-0.1, -0.05) is 11.6 Å². The molecule has 9 nitrogen and oxygen atoms in total. The molecular weight excluding hydrogens is 531 g/mol. The summed E-state index contributed by atoms with van der Waals surface area (Å²) in [5.41, 5.74) is 1.27. The van der Waals surface area contributed by atoms with Gasteiger partial charge in [0.05, 0.1) is 11.4 Å². The molecule has 2 atom stereocenters. The Bertz CT molecular complexity index is 1240. The van der Waals surface area contributed by atoms with E-state index in [1.165, 1.54) is 47.4 Å². The van der Waals surface area contributed by atoms with Crippen molar-refractivity contribution in [1.82, 2.24) is 20.1 Å². The fourth-order valence-corrected chi connectivity index (χ4v) is 3.71. The van der Waals surface area contributed by atoms with Gasteiger partial charge in [0.25, 0.3) is 0 Å². The lowest BCUT2D eigenvalue weighted by Crippen LogP contribution is -2.16. The summed E-state index contributed by atoms with van der Waals surface area (Å²) in [6, 6.07) is 6.96. The van der Waals surface area contributed by atoms with E-state index < -0.39 is 18.0 Å². The van der Waals surface area contributed by atoms with Crippen LogP contribution in [0.15, 0.2) is 58.0 Å². The van der Waals surface area contributed by atoms with Crippen molar-refractivity contribution in [3.05, 3.63) is 79.9 Å². The van der Waals surface area contributed by atoms with Gasteiger partial charge in [0.15, 0.2) is 10.9 Å². The molecule has 1 aromatic carbocycles. The number of benzene rings is 1. The van der Waals surface area contributed by atoms with Gasteiger partial charge < -0.3 is 20.6 Å². The molecule has 3 N–H and O–H groups in total. The highest BCUT2D eigenvalue weighted by atomic mass is 79.9. The second-order valence-electron chi connectivity index (χ2n) is 7.08. The quantitative estimate of drug-likeness (QED) is 0.224. The van der Waals surface area contributed by atoms with Crippen molar-refractivity contribution in [3.63, 3.8) is 0 Å². The number of nitroso groups, excluding NO2 is 1. The molecule has 12 heteroatoms. The van der Waals surface area contributed by atoms with Crippen LogP contribution in [0.3, 0.4) is 0 Å². The number of halogens is 3. The Hall–Kier alpha value is -3.15. The van der Waals surface area contributed by atoms with Crippen LogP contribution in [0.1, 0.15) is 37.3 Å². The van der Waals surface area contributed by atoms with E-state index in [9.17, 15) is 14.4 Å². The third kappa shape index (κ3) is 5.66. The Morgan fingerprint density at radius 2 is 2.21 bits per heavy atom. The largest absolute Gasteiger partial charge is 0.482 e. The first-order valence-electron chi connectivity index (χ1n) is 10.1. The fraction of sp³-hybridized carbons (Fsp3) is 0.227. The first-order chi connectivity index (χ1) is 16.3. The van der Waals surface area contributed by atoms with E-state index >= 15 is 0 Å². The number of nitrogens with one attached hydrogen (secondary N) is 2. The highest BCUT2D eigenvalue weighted by molar-refractivity contribution is 9.10. The topological polar surface area (TPSA) is 125 Å². The molecule has 0 fully saturated rings. The van der Waals surface area contributed by atoms with Gasteiger partial charge >= 0.3 is 0 Å². The molecule has 0 bridgehead atoms. The summed E-state index contributed by atoms with van der Waals surface area (Å²) in [5.74, 6) is -0.580. The summed E-state index contributed by atoms with van der Waals surface area (Å²) in [4.78, 5) is 15.0. The Morgan fingerprint density at radius 1 is 1.44 bits per heavy atom. The lowest BCUT2D eigenvalue weighted by Gasteiger charge is -2.21. The van der Waals surface area contributed by atoms with Gasteiger partial charge in [-0.3, -0.25) is 0 Å². The summed E-state index contributed by atoms with van der Waals surface area (Å²) in [7, 11) is 0. The molecule has 3 aromatic rings. The fourth-order valence-electron chi connectivity index (χ4n) is 3.21. The highest BCUT2D eigenvalue weighted by Gasteiger charge is 2.24. The molecule has 0 saturated carbocycles. The second kappa shape index (κ2) is 11.3. The predicted octanol–water partition coefficient (Wildman–Crippen LogP) is 5.54. The van der Waals surface area contributed by atoms with E-state index in [-0.39, 0.29) is 28.0 Å². The maximum Gasteiger partial charge on any atom is 0.239 e. The van der Waals surface area contributed by atoms with Gasteiger partial charge in [-0.05, 0) is 59.2 Å². The van der Waals surface area contributed by atoms with Crippen molar-refractivity contribution in [1.29, 1.82) is 5.41 Å². The zero-order valence-electron chi connectivity index (χ0n) is 18.2. The summed E-state index contributed by atoms with van der Waals surface area (Å²) in [5, 5.41) is 28.8. The number of ether oxygens (including phenoxy) is 1. The Kier molecular flexibility index (Phi) is 8.48. The van der Waals surface area contributed by atoms with Crippen LogP contribution in [0.25, 0.3) is 5.69 Å². The first-order valence-corrected chi connectivity index (χ1v) is 11.3. The molecule has 2 unspecified atom stereocenters. The lowest BCUT2D eigenvalue weighted by molar-refractivity contribution is 0.212. The van der Waals surface area contributed by atoms with Crippen molar-refractivity contribution in [3.8, 4) is 11.4 Å². The molecule has 0 aliphatic heterocycles. The maximum atomic E-state index is 14.3. The van der Waals surface area contributed by atoms with Crippen molar-refractivity contribution >= 4 is 39.6 Å². The highest BCUT2D eigenvalue weighted by Crippen LogP contribution is 2.35. The van der Waals surface area contributed by atoms with E-state index in [1.54, 1.807) is 6.92 Å². The summed E-state index contributed by atoms with van der Waals surface area (Å²) in [6.45, 7) is 4.14. The van der Waals surface area contributed by atoms with Crippen LogP contribution in [0, 0.1) is 16.1 Å². The van der Waals surface area contributed by atoms with Gasteiger partial charge in [-0.15, -0.1) is 4.91 Å². The standard InChI is InChI=1S/C22H21BrClFN6O3/c1-3-27-10-13(9-26)21(32)18-8-20(24)29-31(18)17-5-4-15(25)7-16(17)12(2)34-19-6-14(23)11-28-22(19)30-33/h4-12,21,26-27,32H,3H2,1-2H3/b13-10+,26-9?. The summed E-state index contributed by atoms with van der Waals surface area (Å²) in [6.07, 6.45) is 1.92. The average Bonchev–Trinajstić information content (AvgIpc) is 3.20. The molecule has 0 spiro atoms. The zero-order valence-corrected chi connectivity index (χ0v) is 20.5. The molecule has 34 heavy (non-hydrogen) atoms. The molecule has 2 heterocycles. The monoisotopic (exact) mass is 550 g/mol. The van der Waals surface area contributed by atoms with Crippen LogP contribution in [-0.4, -0.2) is 32.6 Å². The van der Waals surface area contributed by atoms with Crippen molar-refractivity contribution in [2.45, 2.75) is 26.1 Å². The zero-order chi connectivity index (χ0) is 24.8. The van der Waals surface area contributed by atoms with Crippen LogP contribution in [0.4, 0.5) is 10.2 Å². The minimum atomic E-state index is -1.24. The molecule has 3 rings (SSSR count). The predicted molar refractivity (Wildman–Crippen MR) is 130 cm³/mol. The number of aliphatic hydroxyl groups excluding tert-OH is 1. The molecule has 0 aliphatic carbocycles. The van der Waals surface area contributed by atoms with Crippen LogP contribution in [0.5, 0.6) is 5.75 Å². The van der Waals surface area contributed by atoms with Gasteiger partial charge in [0.2, 0.25) is 5.82 Å². The molecule has 178 valence electrons. The number of rotatable bonds is 10. The Labute approximate surface area is 208 Å². The number of nitrogens with zero attached hydrogens (tertiary/aromatic N) is 4. The van der Waals surface area contributed by atoms with E-state index in [0.29, 0.717) is 22.3 Å². The minimum Gasteiger partial charge on any atom is -0.482 e. The number of pyridine rings is 1. The van der Waals surface area contributed by atoms with E-state index in [2.05, 4.69) is 36.5 Å². The normalized spacial score (nSPS) is 13.3. The Balaban J connectivity index is 2.08. The van der Waals surface area contributed by atoms with Crippen molar-refractivity contribution in [2.24, 2.45) is 5.18 Å². The molecule has 2 aromatic heterocycles. The maximum absolute atomic E-state index is 14.3. The number of aliphatic hydroxyl groups is 1. The number of hydrogen-bond donors (Lipinski definition) is 3. The van der Waals surface area contributed by atoms with Crippen LogP contribution in [0.2, 0.25) is 5.15 Å². The minimum absolute atomic E-state index is 0.0920. The van der Waals surface area contributed by atoms with Crippen molar-refractivity contribution in [2.75, 3.05) is 6.54 Å². The number of aromatic nitrogens is 3. The van der Waals surface area contributed by atoms with E-state index in [0.717, 1.165) is 6.21 Å². The third-order valence-corrected chi connectivity index (χ3v) is 5.41. The SMILES string of the molecule is CCN/C=C(\C=N)C(O)c1cc(Cl)nn1-c1ccc(F)cc1C(C)Oc1cc(Br)cnc1N=O. The molecule has 0 aliphatic rings. The second-order valence-corrected chi connectivity index (χ2v) is 8.39. The lowest BCUT2D eigenvalue weighted by atomic mass is 10.1. The van der Waals surface area contributed by atoms with E-state index in [4.69, 9.17) is 21.7 Å². The van der Waals surface area contributed by atoms with Gasteiger partial charge in [-0.2, -0.15) is 5.10 Å². The van der Waals surface area contributed by atoms with Crippen LogP contribution >= 0.6 is 27.5 Å². The third-order valence-electron chi connectivity index (χ3n) is 4.79. The molecular formula is C22H21BrClFN6O3. The first kappa shape index (κ1) is 25.5. The summed E-state index contributed by atoms with van der Waals surface area (Å²) < 4.78 is 22.1. The van der Waals surface area contributed by atoms with E-state index in [1.807, 2.05) is 6.92 Å². The Morgan fingerprint density at radius 3 is 2.88 bits per heavy atom. The van der Waals surface area contributed by atoms with Gasteiger partial charge in [0.1, 0.15) is 18.0 Å². The molecule has 0 saturated heterocycles. The molecule has 0 amide bonds. The van der Waals surface area contributed by atoms with Gasteiger partial charge in [-0.25, -0.2) is 14.1 Å². The van der Waals surface area contributed by atoms with Crippen LogP contribution < -0.4 is 10.1 Å². The average molecular weight is 552 g/mol. The van der Waals surface area contributed by atoms with Crippen molar-refractivity contribution < 1.29 is 14.2 Å². The number of hydrogen-bond acceptors (Lipinski definition) is 8. The van der Waals surface area contributed by atoms with Gasteiger partial charge in [0, 0.05) is 46.8 Å². The molecule has 0 radical (unpaired) electrons.